The van der Waals surface area contributed by atoms with E-state index in [0.29, 0.717) is 22.6 Å². The summed E-state index contributed by atoms with van der Waals surface area (Å²) in [5.74, 6) is 0.00246. The number of hydrogen-bond donors (Lipinski definition) is 1. The number of esters is 1. The molecule has 0 aliphatic heterocycles. The van der Waals surface area contributed by atoms with Crippen LogP contribution >= 0.6 is 0 Å². The predicted molar refractivity (Wildman–Crippen MR) is 110 cm³/mol. The summed E-state index contributed by atoms with van der Waals surface area (Å²) in [5, 5.41) is 5.90. The second kappa shape index (κ2) is 9.36. The van der Waals surface area contributed by atoms with Crippen LogP contribution < -0.4 is 14.9 Å². The molecule has 0 saturated carbocycles. The number of nitrogens with zero attached hydrogens (tertiary/aromatic N) is 1. The van der Waals surface area contributed by atoms with Crippen LogP contribution in [0, 0.1) is 0 Å². The van der Waals surface area contributed by atoms with Gasteiger partial charge in [-0.15, -0.1) is 0 Å². The lowest BCUT2D eigenvalue weighted by molar-refractivity contribution is -0.142. The Labute approximate surface area is 167 Å². The number of carbonyl (C=O) groups is 2. The number of carbonyl (C=O) groups excluding carboxylic acids is 2. The Morgan fingerprint density at radius 2 is 1.66 bits per heavy atom. The van der Waals surface area contributed by atoms with Crippen molar-refractivity contribution in [2.45, 2.75) is 0 Å². The maximum atomic E-state index is 12.6. The van der Waals surface area contributed by atoms with Gasteiger partial charge in [0.1, 0.15) is 11.5 Å². The summed E-state index contributed by atoms with van der Waals surface area (Å²) < 4.78 is 15.3. The standard InChI is InChI=1S/C22H20N2O5/c1-27-20-12-16-8-4-3-7-15(16)11-18(20)22(26)24-23-13-17-9-5-6-10-19(17)29-14-21(25)28-2/h3-13H,14H2,1-2H3,(H,24,26)/b23-13-. The molecule has 0 fully saturated rings. The monoisotopic (exact) mass is 392 g/mol. The van der Waals surface area contributed by atoms with Crippen LogP contribution in [0.5, 0.6) is 11.5 Å². The maximum Gasteiger partial charge on any atom is 0.343 e. The molecule has 0 heterocycles. The third-order valence-electron chi connectivity index (χ3n) is 4.17. The molecular formula is C22H20N2O5. The van der Waals surface area contributed by atoms with Crippen molar-refractivity contribution in [3.05, 3.63) is 71.8 Å². The summed E-state index contributed by atoms with van der Waals surface area (Å²) in [6.45, 7) is -0.220. The van der Waals surface area contributed by atoms with Crippen molar-refractivity contribution in [2.75, 3.05) is 20.8 Å². The minimum Gasteiger partial charge on any atom is -0.496 e. The van der Waals surface area contributed by atoms with Crippen LogP contribution in [0.3, 0.4) is 0 Å². The molecule has 0 aliphatic carbocycles. The molecular weight excluding hydrogens is 372 g/mol. The third-order valence-corrected chi connectivity index (χ3v) is 4.17. The van der Waals surface area contributed by atoms with Crippen LogP contribution in [0.15, 0.2) is 65.8 Å². The van der Waals surface area contributed by atoms with E-state index in [1.807, 2.05) is 30.3 Å². The van der Waals surface area contributed by atoms with Gasteiger partial charge >= 0.3 is 5.97 Å². The van der Waals surface area contributed by atoms with Gasteiger partial charge in [-0.1, -0.05) is 36.4 Å². The number of rotatable bonds is 7. The molecule has 0 spiro atoms. The second-order valence-corrected chi connectivity index (χ2v) is 6.00. The first-order chi connectivity index (χ1) is 14.1. The van der Waals surface area contributed by atoms with Gasteiger partial charge in [0.2, 0.25) is 0 Å². The second-order valence-electron chi connectivity index (χ2n) is 6.00. The van der Waals surface area contributed by atoms with Crippen LogP contribution in [-0.2, 0) is 9.53 Å². The molecule has 1 amide bonds. The molecule has 0 aliphatic rings. The van der Waals surface area contributed by atoms with E-state index in [9.17, 15) is 9.59 Å². The lowest BCUT2D eigenvalue weighted by atomic mass is 10.1. The number of para-hydroxylation sites is 1. The van der Waals surface area contributed by atoms with Crippen molar-refractivity contribution in [3.63, 3.8) is 0 Å². The minimum absolute atomic E-state index is 0.220. The fraction of sp³-hybridized carbons (Fsp3) is 0.136. The van der Waals surface area contributed by atoms with E-state index in [2.05, 4.69) is 15.3 Å². The van der Waals surface area contributed by atoms with Gasteiger partial charge in [0.05, 0.1) is 26.0 Å². The first kappa shape index (κ1) is 19.9. The van der Waals surface area contributed by atoms with Gasteiger partial charge in [-0.05, 0) is 35.0 Å². The number of benzene rings is 3. The minimum atomic E-state index is -0.492. The van der Waals surface area contributed by atoms with Crippen molar-refractivity contribution < 1.29 is 23.8 Å². The zero-order chi connectivity index (χ0) is 20.6. The fourth-order valence-corrected chi connectivity index (χ4v) is 2.70. The summed E-state index contributed by atoms with van der Waals surface area (Å²) in [7, 11) is 2.80. The van der Waals surface area contributed by atoms with Gasteiger partial charge in [-0.2, -0.15) is 5.10 Å². The third kappa shape index (κ3) is 4.90. The zero-order valence-corrected chi connectivity index (χ0v) is 16.0. The molecule has 29 heavy (non-hydrogen) atoms. The Bertz CT molecular complexity index is 1060. The Morgan fingerprint density at radius 1 is 0.966 bits per heavy atom. The molecule has 0 unspecified atom stereocenters. The molecule has 0 saturated heterocycles. The van der Waals surface area contributed by atoms with E-state index >= 15 is 0 Å². The van der Waals surface area contributed by atoms with Crippen LogP contribution in [0.25, 0.3) is 10.8 Å². The van der Waals surface area contributed by atoms with Crippen molar-refractivity contribution in [2.24, 2.45) is 5.10 Å². The van der Waals surface area contributed by atoms with Crippen LogP contribution in [-0.4, -0.2) is 38.9 Å². The maximum absolute atomic E-state index is 12.6. The first-order valence-electron chi connectivity index (χ1n) is 8.81. The SMILES string of the molecule is COC(=O)COc1ccccc1/C=N\NC(=O)c1cc2ccccc2cc1OC. The van der Waals surface area contributed by atoms with Crippen molar-refractivity contribution in [3.8, 4) is 11.5 Å². The highest BCUT2D eigenvalue weighted by atomic mass is 16.6. The average Bonchev–Trinajstić information content (AvgIpc) is 2.77. The Hall–Kier alpha value is -3.87. The number of nitrogens with one attached hydrogen (secondary N) is 1. The molecule has 1 N–H and O–H groups in total. The largest absolute Gasteiger partial charge is 0.496 e. The summed E-state index contributed by atoms with van der Waals surface area (Å²) in [6.07, 6.45) is 1.44. The van der Waals surface area contributed by atoms with Crippen LogP contribution in [0.1, 0.15) is 15.9 Å². The van der Waals surface area contributed by atoms with Gasteiger partial charge in [-0.3, -0.25) is 4.79 Å². The lowest BCUT2D eigenvalue weighted by Gasteiger charge is -2.09. The van der Waals surface area contributed by atoms with E-state index in [1.165, 1.54) is 20.4 Å². The molecule has 0 radical (unpaired) electrons. The highest BCUT2D eigenvalue weighted by Crippen LogP contribution is 2.26. The van der Waals surface area contributed by atoms with Crippen LogP contribution in [0.4, 0.5) is 0 Å². The molecule has 7 heteroatoms. The lowest BCUT2D eigenvalue weighted by Crippen LogP contribution is -2.18. The molecule has 7 nitrogen and oxygen atoms in total. The number of methoxy groups -OCH3 is 2. The quantitative estimate of drug-likeness (QED) is 0.379. The van der Waals surface area contributed by atoms with Crippen LogP contribution in [0.2, 0.25) is 0 Å². The van der Waals surface area contributed by atoms with Crippen molar-refractivity contribution in [1.29, 1.82) is 0 Å². The molecule has 148 valence electrons. The highest BCUT2D eigenvalue weighted by molar-refractivity contribution is 6.02. The van der Waals surface area contributed by atoms with Gasteiger partial charge in [0.25, 0.3) is 5.91 Å². The number of ether oxygens (including phenoxy) is 3. The van der Waals surface area contributed by atoms with E-state index < -0.39 is 11.9 Å². The molecule has 0 atom stereocenters. The molecule has 3 aromatic carbocycles. The van der Waals surface area contributed by atoms with E-state index in [4.69, 9.17) is 9.47 Å². The van der Waals surface area contributed by atoms with Gasteiger partial charge in [-0.25, -0.2) is 10.2 Å². The number of amides is 1. The number of hydrazone groups is 1. The summed E-state index contributed by atoms with van der Waals surface area (Å²) in [4.78, 5) is 23.9. The molecule has 0 aromatic heterocycles. The fourth-order valence-electron chi connectivity index (χ4n) is 2.70. The Morgan fingerprint density at radius 3 is 2.38 bits per heavy atom. The van der Waals surface area contributed by atoms with E-state index in [1.54, 1.807) is 30.3 Å². The highest BCUT2D eigenvalue weighted by Gasteiger charge is 2.13. The van der Waals surface area contributed by atoms with Gasteiger partial charge in [0, 0.05) is 5.56 Å². The number of hydrogen-bond acceptors (Lipinski definition) is 6. The van der Waals surface area contributed by atoms with E-state index in [0.717, 1.165) is 10.8 Å². The Kier molecular flexibility index (Phi) is 6.42. The number of fused-ring (bicyclic) bond motifs is 1. The first-order valence-corrected chi connectivity index (χ1v) is 8.81. The topological polar surface area (TPSA) is 86.2 Å². The summed E-state index contributed by atoms with van der Waals surface area (Å²) in [5.41, 5.74) is 3.47. The predicted octanol–water partition coefficient (Wildman–Crippen LogP) is 3.16. The molecule has 3 aromatic rings. The van der Waals surface area contributed by atoms with E-state index in [-0.39, 0.29) is 6.61 Å². The molecule has 3 rings (SSSR count). The van der Waals surface area contributed by atoms with Crippen molar-refractivity contribution in [1.82, 2.24) is 5.43 Å². The van der Waals surface area contributed by atoms with Gasteiger partial charge in [0.15, 0.2) is 6.61 Å². The van der Waals surface area contributed by atoms with Crippen molar-refractivity contribution >= 4 is 28.9 Å². The van der Waals surface area contributed by atoms with Gasteiger partial charge < -0.3 is 14.2 Å². The molecule has 0 bridgehead atoms. The Balaban J connectivity index is 1.75. The summed E-state index contributed by atoms with van der Waals surface area (Å²) >= 11 is 0. The normalized spacial score (nSPS) is 10.7. The average molecular weight is 392 g/mol. The smallest absolute Gasteiger partial charge is 0.343 e. The zero-order valence-electron chi connectivity index (χ0n) is 16.0. The summed E-state index contributed by atoms with van der Waals surface area (Å²) in [6, 6.07) is 18.3.